The van der Waals surface area contributed by atoms with Gasteiger partial charge in [0.15, 0.2) is 0 Å². The second-order valence-electron chi connectivity index (χ2n) is 4.00. The Hall–Kier alpha value is -2.36. The van der Waals surface area contributed by atoms with Crippen molar-refractivity contribution in [2.75, 3.05) is 0 Å². The number of hydrogen-bond acceptors (Lipinski definition) is 1. The number of fused-ring (bicyclic) bond motifs is 1. The summed E-state index contributed by atoms with van der Waals surface area (Å²) >= 11 is 0. The third-order valence-corrected chi connectivity index (χ3v) is 2.83. The van der Waals surface area contributed by atoms with Crippen LogP contribution in [0.25, 0.3) is 16.9 Å². The Kier molecular flexibility index (Phi) is 2.08. The van der Waals surface area contributed by atoms with Gasteiger partial charge < -0.3 is 4.98 Å². The number of benzene rings is 1. The highest BCUT2D eigenvalue weighted by atomic mass is 16.1. The van der Waals surface area contributed by atoms with Crippen molar-refractivity contribution in [3.63, 3.8) is 0 Å². The van der Waals surface area contributed by atoms with E-state index in [-0.39, 0.29) is 5.56 Å². The van der Waals surface area contributed by atoms with E-state index in [4.69, 9.17) is 0 Å². The molecule has 1 aromatic carbocycles. The predicted molar refractivity (Wildman–Crippen MR) is 64.6 cm³/mol. The van der Waals surface area contributed by atoms with E-state index in [1.54, 1.807) is 4.57 Å². The van der Waals surface area contributed by atoms with Gasteiger partial charge in [-0.15, -0.1) is 0 Å². The summed E-state index contributed by atoms with van der Waals surface area (Å²) in [5.74, 6) is 0. The Morgan fingerprint density at radius 2 is 2.00 bits per heavy atom. The molecule has 0 saturated carbocycles. The third-order valence-electron chi connectivity index (χ3n) is 2.83. The molecule has 0 unspecified atom stereocenters. The molecule has 4 nitrogen and oxygen atoms in total. The molecule has 1 N–H and O–H groups in total. The van der Waals surface area contributed by atoms with Gasteiger partial charge in [-0.1, -0.05) is 30.3 Å². The van der Waals surface area contributed by atoms with Crippen LogP contribution in [0.5, 0.6) is 0 Å². The van der Waals surface area contributed by atoms with Crippen molar-refractivity contribution in [1.29, 1.82) is 0 Å². The molecule has 0 amide bonds. The van der Waals surface area contributed by atoms with E-state index in [2.05, 4.69) is 4.98 Å². The molecule has 3 rings (SSSR count). The van der Waals surface area contributed by atoms with Crippen LogP contribution in [-0.4, -0.2) is 9.38 Å². The fourth-order valence-electron chi connectivity index (χ4n) is 1.99. The molecule has 0 bridgehead atoms. The highest BCUT2D eigenvalue weighted by Gasteiger charge is 2.12. The fourth-order valence-corrected chi connectivity index (χ4v) is 1.99. The number of nitrogens with one attached hydrogen (secondary N) is 1. The second kappa shape index (κ2) is 3.59. The molecule has 17 heavy (non-hydrogen) atoms. The first-order valence-electron chi connectivity index (χ1n) is 5.41. The quantitative estimate of drug-likeness (QED) is 0.621. The Bertz CT molecular complexity index is 725. The minimum Gasteiger partial charge on any atom is -0.312 e. The lowest BCUT2D eigenvalue weighted by atomic mass is 10.2. The summed E-state index contributed by atoms with van der Waals surface area (Å²) in [4.78, 5) is 14.9. The Morgan fingerprint density at radius 1 is 1.24 bits per heavy atom. The SMILES string of the molecule is C[n+]1ccn2cc(-c3ccccc3)[nH]c(=O)c21. The Balaban J connectivity index is 2.30. The van der Waals surface area contributed by atoms with Crippen molar-refractivity contribution in [3.05, 3.63) is 59.3 Å². The zero-order valence-corrected chi connectivity index (χ0v) is 9.42. The fraction of sp³-hybridized carbons (Fsp3) is 0.0769. The molecular formula is C13H12N3O+. The summed E-state index contributed by atoms with van der Waals surface area (Å²) in [5, 5.41) is 0. The normalized spacial score (nSPS) is 10.9. The van der Waals surface area contributed by atoms with Gasteiger partial charge in [0.1, 0.15) is 18.6 Å². The van der Waals surface area contributed by atoms with Gasteiger partial charge in [-0.2, -0.15) is 4.40 Å². The van der Waals surface area contributed by atoms with Gasteiger partial charge >= 0.3 is 11.2 Å². The van der Waals surface area contributed by atoms with Crippen LogP contribution in [0.4, 0.5) is 0 Å². The molecule has 2 heterocycles. The molecule has 0 fully saturated rings. The van der Waals surface area contributed by atoms with Crippen LogP contribution in [-0.2, 0) is 7.05 Å². The van der Waals surface area contributed by atoms with E-state index < -0.39 is 0 Å². The van der Waals surface area contributed by atoms with Crippen molar-refractivity contribution >= 4 is 5.65 Å². The monoisotopic (exact) mass is 226 g/mol. The summed E-state index contributed by atoms with van der Waals surface area (Å²) < 4.78 is 3.63. The Morgan fingerprint density at radius 3 is 2.76 bits per heavy atom. The number of hydrogen-bond donors (Lipinski definition) is 1. The van der Waals surface area contributed by atoms with Crippen LogP contribution in [0.3, 0.4) is 0 Å². The molecule has 4 heteroatoms. The van der Waals surface area contributed by atoms with Crippen molar-refractivity contribution in [2.24, 2.45) is 7.05 Å². The van der Waals surface area contributed by atoms with Gasteiger partial charge in [-0.05, 0) is 0 Å². The molecule has 0 atom stereocenters. The molecule has 0 aliphatic rings. The smallest absolute Gasteiger partial charge is 0.312 e. The lowest BCUT2D eigenvalue weighted by Crippen LogP contribution is -2.32. The van der Waals surface area contributed by atoms with Crippen LogP contribution >= 0.6 is 0 Å². The van der Waals surface area contributed by atoms with Crippen LogP contribution < -0.4 is 10.1 Å². The van der Waals surface area contributed by atoms with Crippen LogP contribution in [0.2, 0.25) is 0 Å². The molecule has 3 aromatic rings. The van der Waals surface area contributed by atoms with Crippen molar-refractivity contribution in [3.8, 4) is 11.3 Å². The summed E-state index contributed by atoms with van der Waals surface area (Å²) in [6.07, 6.45) is 5.66. The second-order valence-corrected chi connectivity index (χ2v) is 4.00. The number of aromatic nitrogens is 3. The summed E-state index contributed by atoms with van der Waals surface area (Å²) in [7, 11) is 1.85. The maximum Gasteiger partial charge on any atom is 0.352 e. The lowest BCUT2D eigenvalue weighted by Gasteiger charge is -1.99. The van der Waals surface area contributed by atoms with Gasteiger partial charge in [-0.25, -0.2) is 4.57 Å². The van der Waals surface area contributed by atoms with E-state index in [0.717, 1.165) is 11.3 Å². The maximum atomic E-state index is 12.0. The lowest BCUT2D eigenvalue weighted by molar-refractivity contribution is -0.645. The number of nitrogens with zero attached hydrogens (tertiary/aromatic N) is 2. The number of aryl methyl sites for hydroxylation is 1. The van der Waals surface area contributed by atoms with Crippen molar-refractivity contribution in [2.45, 2.75) is 0 Å². The number of aromatic amines is 1. The van der Waals surface area contributed by atoms with Crippen LogP contribution in [0, 0.1) is 0 Å². The van der Waals surface area contributed by atoms with Gasteiger partial charge in [0, 0.05) is 5.56 Å². The maximum absolute atomic E-state index is 12.0. The Labute approximate surface area is 97.8 Å². The first kappa shape index (κ1) is 9.84. The average molecular weight is 226 g/mol. The van der Waals surface area contributed by atoms with E-state index in [0.29, 0.717) is 5.65 Å². The first-order valence-corrected chi connectivity index (χ1v) is 5.41. The first-order chi connectivity index (χ1) is 8.25. The minimum atomic E-state index is -0.0844. The summed E-state index contributed by atoms with van der Waals surface area (Å²) in [6, 6.07) is 9.80. The molecular weight excluding hydrogens is 214 g/mol. The zero-order valence-electron chi connectivity index (χ0n) is 9.42. The highest BCUT2D eigenvalue weighted by molar-refractivity contribution is 5.58. The van der Waals surface area contributed by atoms with Crippen molar-refractivity contribution < 1.29 is 4.57 Å². The molecule has 0 saturated heterocycles. The summed E-state index contributed by atoms with van der Waals surface area (Å²) in [5.41, 5.74) is 2.37. The van der Waals surface area contributed by atoms with Crippen molar-refractivity contribution in [1.82, 2.24) is 9.38 Å². The highest BCUT2D eigenvalue weighted by Crippen LogP contribution is 2.14. The average Bonchev–Trinajstić information content (AvgIpc) is 2.73. The molecule has 84 valence electrons. The molecule has 0 aliphatic heterocycles. The van der Waals surface area contributed by atoms with Gasteiger partial charge in [0.25, 0.3) is 0 Å². The molecule has 2 aromatic heterocycles. The summed E-state index contributed by atoms with van der Waals surface area (Å²) in [6.45, 7) is 0. The number of imidazole rings is 1. The zero-order chi connectivity index (χ0) is 11.8. The van der Waals surface area contributed by atoms with Gasteiger partial charge in [-0.3, -0.25) is 4.79 Å². The number of H-pyrrole nitrogens is 1. The third kappa shape index (κ3) is 1.54. The van der Waals surface area contributed by atoms with Crippen LogP contribution in [0.15, 0.2) is 53.7 Å². The van der Waals surface area contributed by atoms with E-state index in [9.17, 15) is 4.79 Å². The molecule has 0 radical (unpaired) electrons. The van der Waals surface area contributed by atoms with Crippen LogP contribution in [0.1, 0.15) is 0 Å². The minimum absolute atomic E-state index is 0.0844. The van der Waals surface area contributed by atoms with Gasteiger partial charge in [0.2, 0.25) is 0 Å². The van der Waals surface area contributed by atoms with E-state index in [1.165, 1.54) is 0 Å². The predicted octanol–water partition coefficient (Wildman–Crippen LogP) is 1.12. The topological polar surface area (TPSA) is 41.1 Å². The van der Waals surface area contributed by atoms with E-state index in [1.807, 2.05) is 60.4 Å². The molecule has 0 aliphatic carbocycles. The standard InChI is InChI=1S/C13H11N3O/c1-15-7-8-16-9-11(14-12(17)13(15)16)10-5-3-2-4-6-10/h2-9H,1H3/p+1. The largest absolute Gasteiger partial charge is 0.352 e. The van der Waals surface area contributed by atoms with Gasteiger partial charge in [0.05, 0.1) is 12.7 Å². The number of rotatable bonds is 1. The van der Waals surface area contributed by atoms with E-state index >= 15 is 0 Å². The molecule has 0 spiro atoms.